The Morgan fingerprint density at radius 2 is 2.05 bits per heavy atom. The summed E-state index contributed by atoms with van der Waals surface area (Å²) in [6.45, 7) is 2.08. The minimum absolute atomic E-state index is 0.206. The molecule has 39 heavy (non-hydrogen) atoms. The lowest BCUT2D eigenvalue weighted by Gasteiger charge is -2.45. The van der Waals surface area contributed by atoms with Gasteiger partial charge in [0, 0.05) is 44.6 Å². The molecule has 0 aromatic heterocycles. The second-order valence-corrected chi connectivity index (χ2v) is 14.5. The van der Waals surface area contributed by atoms with Crippen LogP contribution in [0.25, 0.3) is 0 Å². The molecule has 2 heterocycles. The summed E-state index contributed by atoms with van der Waals surface area (Å²) in [5.41, 5.74) is 3.69. The lowest BCUT2D eigenvalue weighted by molar-refractivity contribution is 0.0177. The zero-order valence-electron chi connectivity index (χ0n) is 22.2. The number of allylic oxidation sites excluding steroid dienone is 1. The number of amides is 1. The molecule has 6 rings (SSSR count). The van der Waals surface area contributed by atoms with Crippen LogP contribution in [0.5, 0.6) is 5.75 Å². The highest BCUT2D eigenvalue weighted by atomic mass is 35.5. The molecule has 2 aliphatic heterocycles. The van der Waals surface area contributed by atoms with E-state index < -0.39 is 15.8 Å². The van der Waals surface area contributed by atoms with Crippen molar-refractivity contribution in [2.45, 2.75) is 56.5 Å². The number of aliphatic hydroxyl groups is 1. The third-order valence-electron chi connectivity index (χ3n) is 9.16. The van der Waals surface area contributed by atoms with E-state index in [-0.39, 0.29) is 23.0 Å². The van der Waals surface area contributed by atoms with Gasteiger partial charge in [0.1, 0.15) is 5.75 Å². The summed E-state index contributed by atoms with van der Waals surface area (Å²) in [7, 11) is -2.80. The third kappa shape index (κ3) is 5.33. The molecule has 1 saturated carbocycles. The molecule has 2 aromatic carbocycles. The number of benzene rings is 2. The summed E-state index contributed by atoms with van der Waals surface area (Å²) < 4.78 is 22.2. The van der Waals surface area contributed by atoms with Gasteiger partial charge in [0.05, 0.1) is 18.4 Å². The zero-order valence-corrected chi connectivity index (χ0v) is 23.8. The van der Waals surface area contributed by atoms with E-state index in [4.69, 9.17) is 16.3 Å². The Balaban J connectivity index is 1.41. The molecule has 208 valence electrons. The number of nitrogens with zero attached hydrogens (tertiary/aromatic N) is 1. The molecule has 5 atom stereocenters. The SMILES string of the molecule is C=S1(=O)CC/C=C\C[C@@H](O)[C@@H]2CC[C@H]2CN2C[C@@]3(CCCc4cc(Cl)ccc43)COc3ccc(cc32)C(=O)N1. The molecule has 4 aliphatic rings. The third-order valence-corrected chi connectivity index (χ3v) is 10.8. The second kappa shape index (κ2) is 10.5. The maximum atomic E-state index is 13.2. The number of carbonyl (C=O) groups excluding carboxylic acids is 1. The fourth-order valence-corrected chi connectivity index (χ4v) is 8.20. The van der Waals surface area contributed by atoms with Crippen molar-refractivity contribution >= 4 is 38.8 Å². The van der Waals surface area contributed by atoms with Crippen molar-refractivity contribution in [3.05, 3.63) is 70.3 Å². The summed E-state index contributed by atoms with van der Waals surface area (Å²) in [6, 6.07) is 11.7. The molecule has 1 unspecified atom stereocenters. The Bertz CT molecular complexity index is 1410. The lowest BCUT2D eigenvalue weighted by Crippen LogP contribution is -2.49. The smallest absolute Gasteiger partial charge is 0.262 e. The summed E-state index contributed by atoms with van der Waals surface area (Å²) in [5, 5.41) is 11.8. The van der Waals surface area contributed by atoms with Crippen LogP contribution in [-0.4, -0.2) is 52.6 Å². The number of anilines is 1. The first-order chi connectivity index (χ1) is 18.7. The summed E-state index contributed by atoms with van der Waals surface area (Å²) in [5.74, 6) is 5.00. The van der Waals surface area contributed by atoms with Crippen LogP contribution in [0.4, 0.5) is 5.69 Å². The highest BCUT2D eigenvalue weighted by molar-refractivity contribution is 7.99. The largest absolute Gasteiger partial charge is 0.490 e. The van der Waals surface area contributed by atoms with Crippen LogP contribution in [0.1, 0.15) is 60.0 Å². The molecular weight excluding hydrogens is 532 g/mol. The van der Waals surface area contributed by atoms with Gasteiger partial charge in [-0.2, -0.15) is 0 Å². The fraction of sp³-hybridized carbons (Fsp3) is 0.484. The van der Waals surface area contributed by atoms with Crippen LogP contribution in [0.3, 0.4) is 0 Å². The molecule has 1 spiro atoms. The summed E-state index contributed by atoms with van der Waals surface area (Å²) in [6.07, 6.45) is 9.77. The number of rotatable bonds is 0. The number of carbonyl (C=O) groups is 1. The predicted octanol–water partition coefficient (Wildman–Crippen LogP) is 4.91. The Hall–Kier alpha value is -2.48. The number of hydrogen-bond donors (Lipinski definition) is 2. The van der Waals surface area contributed by atoms with E-state index in [1.807, 2.05) is 30.4 Å². The lowest BCUT2D eigenvalue weighted by atomic mass is 9.68. The standard InChI is InChI=1S/C31H37ClN2O4S/c1-39(37)15-4-2-3-7-28(35)25-11-8-23(25)18-34-19-31(14-5-6-21-16-24(32)10-12-26(21)31)20-38-29-13-9-22(17-27(29)34)30(36)33-39/h2-3,9-10,12-13,16-17,23,25,28,35H,1,4-8,11,14-15,18-20H2,(H,33,36,37)/b3-2-/t23-,25+,28+,31-,39?/m0/s1. The number of ether oxygens (including phenoxy) is 1. The van der Waals surface area contributed by atoms with Gasteiger partial charge in [0.15, 0.2) is 0 Å². The van der Waals surface area contributed by atoms with Crippen molar-refractivity contribution in [1.29, 1.82) is 0 Å². The van der Waals surface area contributed by atoms with Crippen molar-refractivity contribution in [1.82, 2.24) is 4.72 Å². The van der Waals surface area contributed by atoms with Crippen molar-refractivity contribution in [2.24, 2.45) is 11.8 Å². The fourth-order valence-electron chi connectivity index (χ4n) is 6.93. The molecule has 2 bridgehead atoms. The van der Waals surface area contributed by atoms with E-state index in [0.717, 1.165) is 61.7 Å². The van der Waals surface area contributed by atoms with E-state index in [2.05, 4.69) is 27.6 Å². The minimum atomic E-state index is -2.80. The Labute approximate surface area is 236 Å². The molecule has 8 heteroatoms. The van der Waals surface area contributed by atoms with Crippen LogP contribution < -0.4 is 14.4 Å². The van der Waals surface area contributed by atoms with Crippen molar-refractivity contribution in [2.75, 3.05) is 30.3 Å². The van der Waals surface area contributed by atoms with Gasteiger partial charge in [-0.25, -0.2) is 4.21 Å². The van der Waals surface area contributed by atoms with Gasteiger partial charge < -0.3 is 14.7 Å². The van der Waals surface area contributed by atoms with E-state index in [9.17, 15) is 14.1 Å². The minimum Gasteiger partial charge on any atom is -0.490 e. The molecule has 0 saturated heterocycles. The predicted molar refractivity (Wildman–Crippen MR) is 158 cm³/mol. The van der Waals surface area contributed by atoms with E-state index in [1.165, 1.54) is 11.1 Å². The van der Waals surface area contributed by atoms with Gasteiger partial charge in [-0.15, -0.1) is 0 Å². The molecule has 0 radical (unpaired) electrons. The van der Waals surface area contributed by atoms with Crippen molar-refractivity contribution in [3.63, 3.8) is 0 Å². The van der Waals surface area contributed by atoms with Crippen LogP contribution in [0, 0.1) is 11.8 Å². The van der Waals surface area contributed by atoms with Gasteiger partial charge in [-0.05, 0) is 104 Å². The van der Waals surface area contributed by atoms with Gasteiger partial charge >= 0.3 is 0 Å². The number of aliphatic hydroxyl groups excluding tert-OH is 1. The van der Waals surface area contributed by atoms with Crippen LogP contribution in [-0.2, 0) is 21.5 Å². The number of nitrogens with one attached hydrogen (secondary N) is 1. The first-order valence-electron chi connectivity index (χ1n) is 14.0. The quantitative estimate of drug-likeness (QED) is 0.349. The molecule has 2 aromatic rings. The Morgan fingerprint density at radius 3 is 2.87 bits per heavy atom. The number of halogens is 1. The highest BCUT2D eigenvalue weighted by Gasteiger charge is 2.44. The Morgan fingerprint density at radius 1 is 1.18 bits per heavy atom. The monoisotopic (exact) mass is 568 g/mol. The van der Waals surface area contributed by atoms with E-state index in [0.29, 0.717) is 30.9 Å². The topological polar surface area (TPSA) is 78.9 Å². The van der Waals surface area contributed by atoms with Gasteiger partial charge in [-0.3, -0.25) is 9.52 Å². The second-order valence-electron chi connectivity index (χ2n) is 11.8. The zero-order chi connectivity index (χ0) is 27.2. The highest BCUT2D eigenvalue weighted by Crippen LogP contribution is 2.46. The first-order valence-corrected chi connectivity index (χ1v) is 16.3. The maximum Gasteiger partial charge on any atom is 0.262 e. The molecule has 1 fully saturated rings. The normalized spacial score (nSPS) is 33.5. The average Bonchev–Trinajstić information content (AvgIpc) is 3.02. The Kier molecular flexibility index (Phi) is 7.19. The first kappa shape index (κ1) is 26.7. The van der Waals surface area contributed by atoms with Crippen LogP contribution in [0.2, 0.25) is 5.02 Å². The molecular formula is C31H37ClN2O4S. The number of hydrogen-bond acceptors (Lipinski definition) is 5. The summed E-state index contributed by atoms with van der Waals surface area (Å²) in [4.78, 5) is 15.6. The molecule has 1 amide bonds. The van der Waals surface area contributed by atoms with E-state index in [1.54, 1.807) is 6.07 Å². The van der Waals surface area contributed by atoms with Gasteiger partial charge in [0.2, 0.25) is 0 Å². The van der Waals surface area contributed by atoms with Gasteiger partial charge in [-0.1, -0.05) is 29.8 Å². The summed E-state index contributed by atoms with van der Waals surface area (Å²) >= 11 is 6.38. The van der Waals surface area contributed by atoms with Gasteiger partial charge in [0.25, 0.3) is 5.91 Å². The van der Waals surface area contributed by atoms with E-state index >= 15 is 0 Å². The van der Waals surface area contributed by atoms with Crippen molar-refractivity contribution < 1.29 is 18.8 Å². The molecule has 6 nitrogen and oxygen atoms in total. The van der Waals surface area contributed by atoms with Crippen molar-refractivity contribution in [3.8, 4) is 5.75 Å². The van der Waals surface area contributed by atoms with Crippen LogP contribution >= 0.6 is 11.6 Å². The molecule has 2 N–H and O–H groups in total. The number of aryl methyl sites for hydroxylation is 1. The molecule has 2 aliphatic carbocycles. The number of fused-ring (bicyclic) bond motifs is 4. The maximum absolute atomic E-state index is 13.2. The average molecular weight is 569 g/mol. The van der Waals surface area contributed by atoms with Crippen LogP contribution in [0.15, 0.2) is 48.6 Å².